The molecule has 0 amide bonds. The van der Waals surface area contributed by atoms with E-state index in [1.807, 2.05) is 25.1 Å². The van der Waals surface area contributed by atoms with Gasteiger partial charge in [-0.1, -0.05) is 35.6 Å². The van der Waals surface area contributed by atoms with Gasteiger partial charge < -0.3 is 28.4 Å². The average Bonchev–Trinajstić information content (AvgIpc) is 3.43. The van der Waals surface area contributed by atoms with Crippen LogP contribution in [0.15, 0.2) is 81.7 Å². The zero-order valence-corrected chi connectivity index (χ0v) is 29.7. The Labute approximate surface area is 298 Å². The Kier molecular flexibility index (Phi) is 11.9. The molecule has 0 unspecified atom stereocenters. The van der Waals surface area contributed by atoms with Crippen LogP contribution < -0.4 is 33.8 Å². The lowest BCUT2D eigenvalue weighted by Gasteiger charge is -2.25. The Bertz CT molecular complexity index is 2180. The number of thiazole rings is 1. The molecule has 2 heterocycles. The molecule has 4 aromatic rings. The quantitative estimate of drug-likeness (QED) is 0.170. The molecule has 0 saturated carbocycles. The number of hydrogen-bond donors (Lipinski definition) is 0. The van der Waals surface area contributed by atoms with Crippen LogP contribution in [0.4, 0.5) is 0 Å². The first kappa shape index (κ1) is 36.4. The van der Waals surface area contributed by atoms with Crippen molar-refractivity contribution in [2.75, 3.05) is 33.5 Å². The number of nitrogens with zero attached hydrogens (tertiary/aromatic N) is 3. The summed E-state index contributed by atoms with van der Waals surface area (Å²) in [6, 6.07) is 18.8. The van der Waals surface area contributed by atoms with E-state index in [9.17, 15) is 14.4 Å². The van der Waals surface area contributed by atoms with E-state index in [-0.39, 0.29) is 31.0 Å². The number of methoxy groups -OCH3 is 1. The van der Waals surface area contributed by atoms with E-state index < -0.39 is 18.0 Å². The third-order valence-electron chi connectivity index (χ3n) is 7.72. The highest BCUT2D eigenvalue weighted by Crippen LogP contribution is 2.36. The van der Waals surface area contributed by atoms with E-state index in [0.717, 1.165) is 5.56 Å². The van der Waals surface area contributed by atoms with E-state index in [1.165, 1.54) is 23.0 Å². The van der Waals surface area contributed by atoms with Crippen LogP contribution in [0.3, 0.4) is 0 Å². The summed E-state index contributed by atoms with van der Waals surface area (Å²) in [6.45, 7) is 7.85. The third kappa shape index (κ3) is 8.30. The summed E-state index contributed by atoms with van der Waals surface area (Å²) in [4.78, 5) is 44.4. The van der Waals surface area contributed by atoms with Gasteiger partial charge in [-0.15, -0.1) is 0 Å². The van der Waals surface area contributed by atoms with Gasteiger partial charge in [0.1, 0.15) is 6.61 Å². The number of ether oxygens (including phenoxy) is 6. The van der Waals surface area contributed by atoms with Gasteiger partial charge in [0, 0.05) is 0 Å². The molecule has 1 aliphatic rings. The lowest BCUT2D eigenvalue weighted by atomic mass is 9.95. The van der Waals surface area contributed by atoms with Gasteiger partial charge >= 0.3 is 11.9 Å². The summed E-state index contributed by atoms with van der Waals surface area (Å²) in [5.74, 6) is 0.494. The van der Waals surface area contributed by atoms with Crippen molar-refractivity contribution in [3.8, 4) is 29.1 Å². The van der Waals surface area contributed by atoms with Gasteiger partial charge in [-0.2, -0.15) is 5.26 Å². The van der Waals surface area contributed by atoms with Crippen molar-refractivity contribution in [2.24, 2.45) is 4.99 Å². The number of hydrogen-bond acceptors (Lipinski definition) is 12. The molecular weight excluding hydrogens is 674 g/mol. The van der Waals surface area contributed by atoms with Gasteiger partial charge in [-0.05, 0) is 86.9 Å². The number of benzene rings is 3. The topological polar surface area (TPSA) is 148 Å². The van der Waals surface area contributed by atoms with Gasteiger partial charge in [-0.25, -0.2) is 14.6 Å². The first-order valence-corrected chi connectivity index (χ1v) is 17.1. The Balaban J connectivity index is 1.55. The number of carbonyl (C=O) groups is 2. The minimum Gasteiger partial charge on any atom is -0.490 e. The zero-order chi connectivity index (χ0) is 36.5. The second-order valence-electron chi connectivity index (χ2n) is 11.0. The Morgan fingerprint density at radius 2 is 1.59 bits per heavy atom. The molecule has 1 atom stereocenters. The molecule has 0 bridgehead atoms. The number of carbonyl (C=O) groups excluding carboxylic acids is 2. The number of rotatable bonds is 14. The van der Waals surface area contributed by atoms with Crippen molar-refractivity contribution in [3.63, 3.8) is 0 Å². The SMILES string of the molecule is CCOC(=O)C1=C(C)N=c2s/c(=C/c3ccc(OCc4ccc(C#N)cc4)c(OCC)c3)c(=O)n2[C@@H]1c1ccc(OCC(=O)OC)c(OCC)c1. The van der Waals surface area contributed by atoms with Crippen LogP contribution in [0.1, 0.15) is 56.0 Å². The standard InChI is InChI=1S/C38H37N3O9S/c1-6-46-30-17-26(13-15-28(30)49-21-25-11-9-24(20-39)10-12-25)18-32-36(43)41-35(34(37(44)48-8-3)23(4)40-38(41)51-32)27-14-16-29(31(19-27)47-7-2)50-22-33(42)45-5/h9-19,35H,6-8,21-22H2,1-5H3/b32-18+/t35-/m1/s1. The first-order chi connectivity index (χ1) is 24.7. The molecule has 13 heteroatoms. The molecule has 3 aromatic carbocycles. The van der Waals surface area contributed by atoms with E-state index >= 15 is 0 Å². The van der Waals surface area contributed by atoms with Gasteiger partial charge in [0.25, 0.3) is 5.56 Å². The van der Waals surface area contributed by atoms with Crippen molar-refractivity contribution in [1.82, 2.24) is 4.57 Å². The number of esters is 2. The molecule has 0 saturated heterocycles. The predicted octanol–water partition coefficient (Wildman–Crippen LogP) is 4.60. The Morgan fingerprint density at radius 1 is 0.902 bits per heavy atom. The second kappa shape index (κ2) is 16.7. The van der Waals surface area contributed by atoms with Crippen LogP contribution in [0.5, 0.6) is 23.0 Å². The maximum atomic E-state index is 14.2. The second-order valence-corrected chi connectivity index (χ2v) is 12.1. The fourth-order valence-electron chi connectivity index (χ4n) is 5.37. The molecule has 12 nitrogen and oxygen atoms in total. The van der Waals surface area contributed by atoms with Crippen molar-refractivity contribution < 1.29 is 38.0 Å². The summed E-state index contributed by atoms with van der Waals surface area (Å²) in [6.07, 6.45) is 1.74. The minimum atomic E-state index is -0.895. The summed E-state index contributed by atoms with van der Waals surface area (Å²) >= 11 is 1.19. The maximum absolute atomic E-state index is 14.2. The van der Waals surface area contributed by atoms with E-state index in [4.69, 9.17) is 28.9 Å². The summed E-state index contributed by atoms with van der Waals surface area (Å²) < 4.78 is 35.4. The molecule has 51 heavy (non-hydrogen) atoms. The fraction of sp³-hybridized carbons (Fsp3) is 0.289. The highest BCUT2D eigenvalue weighted by atomic mass is 32.1. The molecule has 264 valence electrons. The molecule has 1 aliphatic heterocycles. The van der Waals surface area contributed by atoms with Crippen molar-refractivity contribution >= 4 is 29.4 Å². The third-order valence-corrected chi connectivity index (χ3v) is 8.70. The van der Waals surface area contributed by atoms with Crippen LogP contribution in [0.25, 0.3) is 6.08 Å². The van der Waals surface area contributed by atoms with Crippen molar-refractivity contribution in [1.29, 1.82) is 5.26 Å². The summed E-state index contributed by atoms with van der Waals surface area (Å²) in [5, 5.41) is 9.07. The molecule has 5 rings (SSSR count). The maximum Gasteiger partial charge on any atom is 0.343 e. The van der Waals surface area contributed by atoms with Crippen LogP contribution >= 0.6 is 11.3 Å². The van der Waals surface area contributed by atoms with Gasteiger partial charge in [0.15, 0.2) is 34.4 Å². The predicted molar refractivity (Wildman–Crippen MR) is 189 cm³/mol. The van der Waals surface area contributed by atoms with Crippen molar-refractivity contribution in [2.45, 2.75) is 40.3 Å². The van der Waals surface area contributed by atoms with Crippen LogP contribution in [-0.4, -0.2) is 50.0 Å². The number of fused-ring (bicyclic) bond motifs is 1. The molecule has 1 aromatic heterocycles. The van der Waals surface area contributed by atoms with Gasteiger partial charge in [0.05, 0.1) is 60.4 Å². The van der Waals surface area contributed by atoms with E-state index in [0.29, 0.717) is 67.9 Å². The minimum absolute atomic E-state index is 0.132. The summed E-state index contributed by atoms with van der Waals surface area (Å²) in [7, 11) is 1.27. The molecule has 0 radical (unpaired) electrons. The molecule has 0 fully saturated rings. The van der Waals surface area contributed by atoms with Gasteiger partial charge in [0.2, 0.25) is 0 Å². The Hall–Kier alpha value is -5.87. The molecular formula is C38H37N3O9S. The zero-order valence-electron chi connectivity index (χ0n) is 28.9. The monoisotopic (exact) mass is 711 g/mol. The largest absolute Gasteiger partial charge is 0.490 e. The van der Waals surface area contributed by atoms with Gasteiger partial charge in [-0.3, -0.25) is 9.36 Å². The number of allylic oxidation sites excluding steroid dienone is 1. The average molecular weight is 712 g/mol. The van der Waals surface area contributed by atoms with Crippen LogP contribution in [-0.2, 0) is 25.7 Å². The van der Waals surface area contributed by atoms with E-state index in [1.54, 1.807) is 69.3 Å². The lowest BCUT2D eigenvalue weighted by molar-refractivity contribution is -0.143. The van der Waals surface area contributed by atoms with Crippen molar-refractivity contribution in [3.05, 3.63) is 114 Å². The molecule has 0 aliphatic carbocycles. The normalized spacial score (nSPS) is 13.8. The molecule has 0 N–H and O–H groups in total. The highest BCUT2D eigenvalue weighted by molar-refractivity contribution is 7.07. The fourth-order valence-corrected chi connectivity index (χ4v) is 6.42. The van der Waals surface area contributed by atoms with Crippen LogP contribution in [0, 0.1) is 11.3 Å². The van der Waals surface area contributed by atoms with Crippen LogP contribution in [0.2, 0.25) is 0 Å². The summed E-state index contributed by atoms with van der Waals surface area (Å²) in [5.41, 5.74) is 2.97. The highest BCUT2D eigenvalue weighted by Gasteiger charge is 2.34. The smallest absolute Gasteiger partial charge is 0.343 e. The number of nitriles is 1. The van der Waals surface area contributed by atoms with E-state index in [2.05, 4.69) is 15.8 Å². The lowest BCUT2D eigenvalue weighted by Crippen LogP contribution is -2.40. The number of aromatic nitrogens is 1. The first-order valence-electron chi connectivity index (χ1n) is 16.3. The molecule has 0 spiro atoms. The Morgan fingerprint density at radius 3 is 2.25 bits per heavy atom.